The van der Waals surface area contributed by atoms with Crippen molar-refractivity contribution in [3.63, 3.8) is 0 Å². The second-order valence-electron chi connectivity index (χ2n) is 18.3. The molecule has 2 aromatic carbocycles. The van der Waals surface area contributed by atoms with E-state index in [0.29, 0.717) is 44.5 Å². The van der Waals surface area contributed by atoms with Gasteiger partial charge in [0.25, 0.3) is 5.70 Å². The Balaban J connectivity index is 0.962. The van der Waals surface area contributed by atoms with Crippen molar-refractivity contribution in [1.82, 2.24) is 0 Å². The number of rotatable bonds is 2. The highest BCUT2D eigenvalue weighted by molar-refractivity contribution is 7.14. The molecule has 8 aliphatic rings. The number of nitriles is 3. The van der Waals surface area contributed by atoms with Gasteiger partial charge in [0.1, 0.15) is 17.7 Å². The first-order chi connectivity index (χ1) is 31.3. The lowest BCUT2D eigenvalue weighted by molar-refractivity contribution is 0.103. The predicted molar refractivity (Wildman–Crippen MR) is 252 cm³/mol. The first-order valence-corrected chi connectivity index (χ1v) is 23.9. The highest BCUT2D eigenvalue weighted by atomic mass is 32.1. The number of fused-ring (bicyclic) bond motifs is 13. The number of allylic oxidation sites excluding steroid dienone is 14. The predicted octanol–water partition coefficient (Wildman–Crippen LogP) is 13.3. The van der Waals surface area contributed by atoms with Crippen LogP contribution in [0.15, 0.2) is 119 Å². The van der Waals surface area contributed by atoms with Gasteiger partial charge in [-0.25, -0.2) is 10.1 Å². The Labute approximate surface area is 380 Å². The summed E-state index contributed by atoms with van der Waals surface area (Å²) in [5.74, 6) is 0.0926. The lowest BCUT2D eigenvalue weighted by Gasteiger charge is -2.40. The van der Waals surface area contributed by atoms with Crippen LogP contribution >= 0.6 is 22.7 Å². The van der Waals surface area contributed by atoms with Gasteiger partial charge in [-0.3, -0.25) is 9.59 Å². The van der Waals surface area contributed by atoms with Gasteiger partial charge < -0.3 is 0 Å². The van der Waals surface area contributed by atoms with E-state index >= 15 is 0 Å². The third-order valence-electron chi connectivity index (χ3n) is 15.3. The largest absolute Gasteiger partial charge is 0.289 e. The summed E-state index contributed by atoms with van der Waals surface area (Å²) in [6.07, 6.45) is 25.5. The van der Waals surface area contributed by atoms with E-state index in [-0.39, 0.29) is 45.5 Å². The van der Waals surface area contributed by atoms with Crippen molar-refractivity contribution in [3.8, 4) is 18.2 Å². The van der Waals surface area contributed by atoms with Gasteiger partial charge in [-0.15, -0.1) is 22.7 Å². The van der Waals surface area contributed by atoms with E-state index in [2.05, 4.69) is 59.5 Å². The molecule has 2 saturated carbocycles. The van der Waals surface area contributed by atoms with Crippen LogP contribution in [0, 0.1) is 52.4 Å². The molecule has 8 aliphatic carbocycles. The second kappa shape index (κ2) is 14.3. The first kappa shape index (κ1) is 38.7. The topological polar surface area (TPSA) is 110 Å². The number of nitrogens with zero attached hydrogens (tertiary/aromatic N) is 4. The molecule has 0 saturated heterocycles. The Hall–Kier alpha value is -6.94. The summed E-state index contributed by atoms with van der Waals surface area (Å²) in [4.78, 5) is 35.9. The van der Waals surface area contributed by atoms with Crippen molar-refractivity contribution in [2.45, 2.75) is 75.0 Å². The Kier molecular flexibility index (Phi) is 8.64. The van der Waals surface area contributed by atoms with Gasteiger partial charge in [0.15, 0.2) is 11.6 Å². The molecule has 0 radical (unpaired) electrons. The third kappa shape index (κ3) is 5.25. The van der Waals surface area contributed by atoms with Gasteiger partial charge in [0, 0.05) is 75.6 Å². The summed E-state index contributed by atoms with van der Waals surface area (Å²) in [5, 5.41) is 29.9. The van der Waals surface area contributed by atoms with Crippen LogP contribution in [0.3, 0.4) is 0 Å². The van der Waals surface area contributed by atoms with E-state index in [0.717, 1.165) is 61.1 Å². The molecule has 2 spiro atoms. The molecule has 2 heterocycles. The molecular formula is C56H38N4O2S2. The van der Waals surface area contributed by atoms with Crippen LogP contribution in [0.2, 0.25) is 0 Å². The van der Waals surface area contributed by atoms with Crippen molar-refractivity contribution < 1.29 is 9.59 Å². The fourth-order valence-electron chi connectivity index (χ4n) is 12.6. The highest BCUT2D eigenvalue weighted by Gasteiger charge is 2.52. The third-order valence-corrected chi connectivity index (χ3v) is 17.6. The molecule has 2 unspecified atom stereocenters. The highest BCUT2D eigenvalue weighted by Crippen LogP contribution is 2.65. The lowest BCUT2D eigenvalue weighted by Crippen LogP contribution is -2.31. The maximum absolute atomic E-state index is 13.9. The van der Waals surface area contributed by atoms with Gasteiger partial charge in [0.05, 0.1) is 12.6 Å². The minimum absolute atomic E-state index is 0.0429. The number of ketones is 2. The number of hydrogen-bond acceptors (Lipinski definition) is 7. The number of carbonyl (C=O) groups is 2. The van der Waals surface area contributed by atoms with Crippen LogP contribution in [0.4, 0.5) is 0 Å². The summed E-state index contributed by atoms with van der Waals surface area (Å²) in [6, 6.07) is 25.4. The standard InChI is InChI=1S/C56H38N4O2S2/c1-60-48(30-59)50-37-13-5-7-15-39(37)52(62)43(50)25-35-27-47-54(64-35)41-21-32-22-44-40(20-31(32)23-45(41)56(47)18-10-3-11-19-56)53-46(55(44)16-8-2-9-17-55)26-34(63-53)24-42-49(33(28-57)29-58)36-12-4-6-14-38(36)51(42)61/h4-7,12-15,20-27,31-32H,2-3,8-11,16-19H2/b42-24-,43-25-,50-48-. The van der Waals surface area contributed by atoms with Crippen molar-refractivity contribution in [3.05, 3.63) is 183 Å². The molecule has 2 aromatic heterocycles. The van der Waals surface area contributed by atoms with Crippen LogP contribution in [0.5, 0.6) is 0 Å². The lowest BCUT2D eigenvalue weighted by atomic mass is 9.63. The average molecular weight is 863 g/mol. The van der Waals surface area contributed by atoms with Gasteiger partial charge in [-0.2, -0.15) is 10.5 Å². The van der Waals surface area contributed by atoms with E-state index < -0.39 is 0 Å². The summed E-state index contributed by atoms with van der Waals surface area (Å²) >= 11 is 3.47. The number of thiophene rings is 2. The fraction of sp³-hybridized carbons (Fsp3) is 0.250. The molecule has 6 nitrogen and oxygen atoms in total. The van der Waals surface area contributed by atoms with E-state index in [1.54, 1.807) is 34.8 Å². The molecule has 0 N–H and O–H groups in total. The summed E-state index contributed by atoms with van der Waals surface area (Å²) in [6.45, 7) is 7.78. The van der Waals surface area contributed by atoms with E-state index in [4.69, 9.17) is 6.57 Å². The van der Waals surface area contributed by atoms with Gasteiger partial charge in [-0.1, -0.05) is 111 Å². The average Bonchev–Trinajstić information content (AvgIpc) is 4.16. The molecule has 0 aliphatic heterocycles. The Morgan fingerprint density at radius 2 is 1.05 bits per heavy atom. The zero-order chi connectivity index (χ0) is 43.5. The monoisotopic (exact) mass is 862 g/mol. The quantitative estimate of drug-likeness (QED) is 0.113. The minimum atomic E-state index is -0.149. The molecule has 12 rings (SSSR count). The van der Waals surface area contributed by atoms with Gasteiger partial charge in [0.2, 0.25) is 0 Å². The first-order valence-electron chi connectivity index (χ1n) is 22.3. The smallest absolute Gasteiger partial charge is 0.270 e. The molecule has 0 bridgehead atoms. The van der Waals surface area contributed by atoms with Crippen LogP contribution in [0.1, 0.15) is 127 Å². The van der Waals surface area contributed by atoms with Crippen LogP contribution < -0.4 is 0 Å². The fourth-order valence-corrected chi connectivity index (χ4v) is 15.1. The molecule has 4 aromatic rings. The number of Topliss-reactive ketones (excluding diaryl/α,β-unsaturated/α-hetero) is 2. The maximum atomic E-state index is 13.9. The van der Waals surface area contributed by atoms with Crippen LogP contribution in [-0.2, 0) is 10.8 Å². The summed E-state index contributed by atoms with van der Waals surface area (Å²) in [7, 11) is 0. The molecule has 64 heavy (non-hydrogen) atoms. The van der Waals surface area contributed by atoms with Crippen molar-refractivity contribution >= 4 is 68.7 Å². The van der Waals surface area contributed by atoms with Crippen molar-refractivity contribution in [2.24, 2.45) is 11.8 Å². The van der Waals surface area contributed by atoms with Crippen molar-refractivity contribution in [1.29, 1.82) is 15.8 Å². The summed E-state index contributed by atoms with van der Waals surface area (Å²) < 4.78 is 0. The number of carbonyl (C=O) groups excluding carboxylic acids is 2. The normalized spacial score (nSPS) is 24.5. The van der Waals surface area contributed by atoms with Crippen LogP contribution in [-0.4, -0.2) is 11.6 Å². The number of hydrogen-bond donors (Lipinski definition) is 0. The molecule has 306 valence electrons. The molecule has 8 heteroatoms. The number of benzene rings is 2. The van der Waals surface area contributed by atoms with Crippen molar-refractivity contribution in [2.75, 3.05) is 0 Å². The van der Waals surface area contributed by atoms with Gasteiger partial charge >= 0.3 is 0 Å². The van der Waals surface area contributed by atoms with E-state index in [1.807, 2.05) is 48.6 Å². The second-order valence-corrected chi connectivity index (χ2v) is 20.5. The van der Waals surface area contributed by atoms with Crippen LogP contribution in [0.25, 0.3) is 39.3 Å². The molecular weight excluding hydrogens is 825 g/mol. The van der Waals surface area contributed by atoms with Gasteiger partial charge in [-0.05, 0) is 94.5 Å². The molecule has 2 atom stereocenters. The zero-order valence-corrected chi connectivity index (χ0v) is 36.5. The SMILES string of the molecule is [C-]#[N+]/C(C#N)=C1\C(=C\c2cc3c(s2)C2=CC4C=C5C(=CC4C=C2C32CCCCC2)c2sc(/C=C3\C(=O)c4ccccc4C3=C(C#N)C#N)cc2C52CCCCC2)C(=O)c2ccccc21. The minimum Gasteiger partial charge on any atom is -0.289 e. The van der Waals surface area contributed by atoms with E-state index in [1.165, 1.54) is 56.0 Å². The zero-order valence-electron chi connectivity index (χ0n) is 34.9. The Bertz CT molecular complexity index is 3070. The Morgan fingerprint density at radius 3 is 1.48 bits per heavy atom. The van der Waals surface area contributed by atoms with E-state index in [9.17, 15) is 25.4 Å². The maximum Gasteiger partial charge on any atom is 0.270 e. The summed E-state index contributed by atoms with van der Waals surface area (Å²) in [5.41, 5.74) is 12.0. The molecule has 0 amide bonds. The molecule has 2 fully saturated rings. The Morgan fingerprint density at radius 1 is 0.609 bits per heavy atom.